The number of fused-ring (bicyclic) bond motifs is 3. The maximum atomic E-state index is 6.29. The number of furan rings is 1. The van der Waals surface area contributed by atoms with Gasteiger partial charge in [-0.25, -0.2) is 19.9 Å². The third-order valence-electron chi connectivity index (χ3n) is 7.88. The average molecular weight is 567 g/mol. The molecule has 0 aliphatic carbocycles. The van der Waals surface area contributed by atoms with Crippen molar-refractivity contribution in [1.29, 1.82) is 0 Å². The minimum atomic E-state index is 0.579. The Morgan fingerprint density at radius 1 is 0.477 bits per heavy atom. The fraction of sp³-hybridized carbons (Fsp3) is 0.0256. The largest absolute Gasteiger partial charge is 0.438 e. The van der Waals surface area contributed by atoms with Crippen molar-refractivity contribution in [2.45, 2.75) is 6.92 Å². The van der Waals surface area contributed by atoms with E-state index in [2.05, 4.69) is 78.6 Å². The summed E-state index contributed by atoms with van der Waals surface area (Å²) < 4.78 is 6.29. The van der Waals surface area contributed by atoms with Crippen molar-refractivity contribution in [2.24, 2.45) is 0 Å². The number of hydrogen-bond acceptors (Lipinski definition) is 5. The second kappa shape index (κ2) is 10.7. The Hall–Kier alpha value is -5.94. The van der Waals surface area contributed by atoms with E-state index >= 15 is 0 Å². The standard InChI is InChI=1S/C39H26N4O/c1-25-9-8-14-30(23-25)26-15-17-29(18-16-26)37-41-36(28-12-6-3-7-13-28)42-38(43-37)31-19-20-33-34(24-31)44-39-35(33)32(21-22-40-39)27-10-4-2-5-11-27/h2-24H,1H3. The van der Waals surface area contributed by atoms with Crippen LogP contribution in [0.3, 0.4) is 0 Å². The molecule has 0 amide bonds. The fourth-order valence-corrected chi connectivity index (χ4v) is 5.68. The Balaban J connectivity index is 1.25. The van der Waals surface area contributed by atoms with Crippen molar-refractivity contribution in [3.63, 3.8) is 0 Å². The van der Waals surface area contributed by atoms with Crippen LogP contribution in [0.15, 0.2) is 144 Å². The molecule has 8 aromatic rings. The Morgan fingerprint density at radius 3 is 1.77 bits per heavy atom. The molecule has 0 spiro atoms. The summed E-state index contributed by atoms with van der Waals surface area (Å²) in [6.45, 7) is 2.11. The van der Waals surface area contributed by atoms with Crippen LogP contribution in [0.4, 0.5) is 0 Å². The van der Waals surface area contributed by atoms with Crippen molar-refractivity contribution < 1.29 is 4.42 Å². The predicted octanol–water partition coefficient (Wildman–Crippen LogP) is 9.81. The van der Waals surface area contributed by atoms with Gasteiger partial charge < -0.3 is 4.42 Å². The van der Waals surface area contributed by atoms with E-state index in [-0.39, 0.29) is 0 Å². The number of rotatable bonds is 5. The summed E-state index contributed by atoms with van der Waals surface area (Å²) in [6, 6.07) is 45.4. The molecule has 0 unspecified atom stereocenters. The van der Waals surface area contributed by atoms with Crippen LogP contribution in [0.1, 0.15) is 5.56 Å². The van der Waals surface area contributed by atoms with E-state index < -0.39 is 0 Å². The third kappa shape index (κ3) is 4.71. The van der Waals surface area contributed by atoms with Gasteiger partial charge in [-0.05, 0) is 47.4 Å². The summed E-state index contributed by atoms with van der Waals surface area (Å²) in [5.74, 6) is 1.81. The van der Waals surface area contributed by atoms with Gasteiger partial charge in [-0.3, -0.25) is 0 Å². The third-order valence-corrected chi connectivity index (χ3v) is 7.88. The highest BCUT2D eigenvalue weighted by Gasteiger charge is 2.17. The van der Waals surface area contributed by atoms with Crippen LogP contribution in [0, 0.1) is 6.92 Å². The van der Waals surface area contributed by atoms with Gasteiger partial charge in [-0.1, -0.05) is 121 Å². The summed E-state index contributed by atoms with van der Waals surface area (Å²) in [6.07, 6.45) is 1.79. The van der Waals surface area contributed by atoms with Gasteiger partial charge in [0.15, 0.2) is 17.5 Å². The van der Waals surface area contributed by atoms with Crippen molar-refractivity contribution in [2.75, 3.05) is 0 Å². The monoisotopic (exact) mass is 566 g/mol. The summed E-state index contributed by atoms with van der Waals surface area (Å²) in [5.41, 5.74) is 9.80. The molecule has 3 heterocycles. The van der Waals surface area contributed by atoms with Crippen LogP contribution in [-0.2, 0) is 0 Å². The maximum absolute atomic E-state index is 6.29. The lowest BCUT2D eigenvalue weighted by Crippen LogP contribution is -2.00. The van der Waals surface area contributed by atoms with Crippen LogP contribution in [0.25, 0.3) is 78.5 Å². The molecular formula is C39H26N4O. The zero-order valence-electron chi connectivity index (χ0n) is 24.0. The summed E-state index contributed by atoms with van der Waals surface area (Å²) in [4.78, 5) is 19.3. The Labute approximate surface area is 254 Å². The molecule has 0 radical (unpaired) electrons. The molecular weight excluding hydrogens is 540 g/mol. The summed E-state index contributed by atoms with van der Waals surface area (Å²) in [5, 5.41) is 2.00. The van der Waals surface area contributed by atoms with Crippen LogP contribution < -0.4 is 0 Å². The Morgan fingerprint density at radius 2 is 1.07 bits per heavy atom. The van der Waals surface area contributed by atoms with Crippen molar-refractivity contribution in [3.8, 4) is 56.4 Å². The second-order valence-corrected chi connectivity index (χ2v) is 10.8. The molecule has 5 aromatic carbocycles. The Kier molecular flexibility index (Phi) is 6.27. The first-order valence-corrected chi connectivity index (χ1v) is 14.6. The molecule has 8 rings (SSSR count). The first-order valence-electron chi connectivity index (χ1n) is 14.6. The van der Waals surface area contributed by atoms with Crippen molar-refractivity contribution >= 4 is 22.1 Å². The van der Waals surface area contributed by atoms with E-state index in [1.807, 2.05) is 66.7 Å². The second-order valence-electron chi connectivity index (χ2n) is 10.8. The average Bonchev–Trinajstić information content (AvgIpc) is 3.47. The maximum Gasteiger partial charge on any atom is 0.227 e. The smallest absolute Gasteiger partial charge is 0.227 e. The molecule has 44 heavy (non-hydrogen) atoms. The number of hydrogen-bond donors (Lipinski definition) is 0. The highest BCUT2D eigenvalue weighted by Crippen LogP contribution is 2.37. The van der Waals surface area contributed by atoms with Crippen LogP contribution in [0.2, 0.25) is 0 Å². The minimum Gasteiger partial charge on any atom is -0.438 e. The topological polar surface area (TPSA) is 64.7 Å². The number of benzene rings is 5. The zero-order chi connectivity index (χ0) is 29.5. The van der Waals surface area contributed by atoms with Gasteiger partial charge in [0.05, 0.1) is 5.39 Å². The Bertz CT molecular complexity index is 2270. The normalized spacial score (nSPS) is 11.3. The number of pyridine rings is 1. The highest BCUT2D eigenvalue weighted by molar-refractivity contribution is 6.11. The molecule has 5 heteroatoms. The van der Waals surface area contributed by atoms with E-state index in [4.69, 9.17) is 19.4 Å². The molecule has 0 aliphatic rings. The lowest BCUT2D eigenvalue weighted by atomic mass is 10.0. The van der Waals surface area contributed by atoms with Gasteiger partial charge in [-0.2, -0.15) is 0 Å². The van der Waals surface area contributed by atoms with E-state index in [0.29, 0.717) is 23.2 Å². The molecule has 0 saturated carbocycles. The predicted molar refractivity (Wildman–Crippen MR) is 177 cm³/mol. The van der Waals surface area contributed by atoms with Crippen LogP contribution in [0.5, 0.6) is 0 Å². The molecule has 0 bridgehead atoms. The van der Waals surface area contributed by atoms with Crippen molar-refractivity contribution in [3.05, 3.63) is 145 Å². The molecule has 5 nitrogen and oxygen atoms in total. The number of nitrogens with zero attached hydrogens (tertiary/aromatic N) is 4. The van der Waals surface area contributed by atoms with Gasteiger partial charge in [0.2, 0.25) is 5.71 Å². The zero-order valence-corrected chi connectivity index (χ0v) is 24.0. The first kappa shape index (κ1) is 25.7. The van der Waals surface area contributed by atoms with E-state index in [1.165, 1.54) is 11.1 Å². The fourth-order valence-electron chi connectivity index (χ4n) is 5.68. The molecule has 208 valence electrons. The van der Waals surface area contributed by atoms with Gasteiger partial charge in [-0.15, -0.1) is 0 Å². The minimum absolute atomic E-state index is 0.579. The van der Waals surface area contributed by atoms with E-state index in [9.17, 15) is 0 Å². The molecule has 0 saturated heterocycles. The lowest BCUT2D eigenvalue weighted by Gasteiger charge is -2.09. The molecule has 0 aliphatic heterocycles. The summed E-state index contributed by atoms with van der Waals surface area (Å²) >= 11 is 0. The van der Waals surface area contributed by atoms with Gasteiger partial charge in [0, 0.05) is 28.3 Å². The first-order chi connectivity index (χ1) is 21.7. The van der Waals surface area contributed by atoms with Crippen LogP contribution >= 0.6 is 0 Å². The highest BCUT2D eigenvalue weighted by atomic mass is 16.3. The quantitative estimate of drug-likeness (QED) is 0.207. The van der Waals surface area contributed by atoms with E-state index in [0.717, 1.165) is 49.7 Å². The van der Waals surface area contributed by atoms with Crippen LogP contribution in [-0.4, -0.2) is 19.9 Å². The molecule has 0 N–H and O–H groups in total. The van der Waals surface area contributed by atoms with Gasteiger partial charge in [0.1, 0.15) is 5.58 Å². The molecule has 0 atom stereocenters. The van der Waals surface area contributed by atoms with E-state index in [1.54, 1.807) is 6.20 Å². The summed E-state index contributed by atoms with van der Waals surface area (Å²) in [7, 11) is 0. The molecule has 3 aromatic heterocycles. The SMILES string of the molecule is Cc1cccc(-c2ccc(-c3nc(-c4ccccc4)nc(-c4ccc5c(c4)oc4nccc(-c6ccccc6)c45)n3)cc2)c1. The van der Waals surface area contributed by atoms with Gasteiger partial charge >= 0.3 is 0 Å². The van der Waals surface area contributed by atoms with Gasteiger partial charge in [0.25, 0.3) is 0 Å². The lowest BCUT2D eigenvalue weighted by molar-refractivity contribution is 0.654. The molecule has 0 fully saturated rings. The number of aromatic nitrogens is 4. The number of aryl methyl sites for hydroxylation is 1. The van der Waals surface area contributed by atoms with Crippen molar-refractivity contribution in [1.82, 2.24) is 19.9 Å².